The molecule has 0 saturated heterocycles. The van der Waals surface area contributed by atoms with Gasteiger partial charge in [0.1, 0.15) is 0 Å². The highest BCUT2D eigenvalue weighted by atomic mass is 33.1. The number of hydrogen-bond acceptors (Lipinski definition) is 3. The van der Waals surface area contributed by atoms with Gasteiger partial charge >= 0.3 is 0 Å². The Bertz CT molecular complexity index is 722. The Kier molecular flexibility index (Phi) is 4.50. The summed E-state index contributed by atoms with van der Waals surface area (Å²) in [5, 5.41) is 0.970. The Labute approximate surface area is 139 Å². The lowest BCUT2D eigenvalue weighted by Crippen LogP contribution is -2.10. The Morgan fingerprint density at radius 3 is 2.41 bits per heavy atom. The van der Waals surface area contributed by atoms with Crippen molar-refractivity contribution in [3.63, 3.8) is 0 Å². The Morgan fingerprint density at radius 1 is 1.00 bits per heavy atom. The average molecular weight is 329 g/mol. The summed E-state index contributed by atoms with van der Waals surface area (Å²) in [6.07, 6.45) is 0. The molecule has 2 nitrogen and oxygen atoms in total. The summed E-state index contributed by atoms with van der Waals surface area (Å²) in [7, 11) is 3.51. The van der Waals surface area contributed by atoms with Gasteiger partial charge in [0.25, 0.3) is 0 Å². The molecule has 0 fully saturated rings. The van der Waals surface area contributed by atoms with Crippen LogP contribution in [0.2, 0.25) is 0 Å². The number of aromatic nitrogens is 2. The molecule has 0 amide bonds. The van der Waals surface area contributed by atoms with Gasteiger partial charge in [0.05, 0.1) is 11.0 Å². The minimum absolute atomic E-state index is 0.217. The Hall–Kier alpha value is -1.39. The van der Waals surface area contributed by atoms with E-state index in [1.807, 2.05) is 29.0 Å². The van der Waals surface area contributed by atoms with Crippen LogP contribution in [0.1, 0.15) is 31.9 Å². The van der Waals surface area contributed by atoms with Crippen LogP contribution in [0.25, 0.3) is 11.0 Å². The second-order valence-corrected chi connectivity index (χ2v) is 8.64. The number of rotatable bonds is 4. The van der Waals surface area contributed by atoms with Gasteiger partial charge in [-0.05, 0) is 39.5 Å². The minimum Gasteiger partial charge on any atom is -0.332 e. The summed E-state index contributed by atoms with van der Waals surface area (Å²) in [5.74, 6) is 0.978. The lowest BCUT2D eigenvalue weighted by Gasteiger charge is -2.19. The molecule has 2 aromatic carbocycles. The van der Waals surface area contributed by atoms with Crippen molar-refractivity contribution >= 4 is 32.6 Å². The smallest absolute Gasteiger partial charge is 0.177 e. The molecule has 1 N–H and O–H groups in total. The number of hydrogen-bond donors (Lipinski definition) is 1. The molecule has 114 valence electrons. The van der Waals surface area contributed by atoms with Gasteiger partial charge in [0.15, 0.2) is 5.16 Å². The third kappa shape index (κ3) is 3.68. The zero-order chi connectivity index (χ0) is 15.6. The van der Waals surface area contributed by atoms with Crippen molar-refractivity contribution in [2.45, 2.75) is 37.1 Å². The number of H-pyrrole nitrogens is 1. The number of fused-ring (bicyclic) bond motifs is 1. The predicted molar refractivity (Wildman–Crippen MR) is 98.4 cm³/mol. The monoisotopic (exact) mass is 328 g/mol. The normalized spacial score (nSPS) is 12.0. The van der Waals surface area contributed by atoms with E-state index < -0.39 is 0 Å². The molecule has 1 heterocycles. The van der Waals surface area contributed by atoms with E-state index in [0.717, 1.165) is 21.9 Å². The van der Waals surface area contributed by atoms with Crippen LogP contribution in [-0.2, 0) is 11.2 Å². The standard InChI is InChI=1S/C18H20N2S2/c1-18(2,3)14-10-8-13(9-11-14)12-21-22-17-19-15-6-4-5-7-16(15)20-17/h4-11H,12H2,1-3H3,(H,19,20). The zero-order valence-corrected chi connectivity index (χ0v) is 14.7. The van der Waals surface area contributed by atoms with Crippen LogP contribution < -0.4 is 0 Å². The van der Waals surface area contributed by atoms with Gasteiger partial charge in [-0.1, -0.05) is 68.0 Å². The zero-order valence-electron chi connectivity index (χ0n) is 13.1. The van der Waals surface area contributed by atoms with E-state index in [9.17, 15) is 0 Å². The second-order valence-electron chi connectivity index (χ2n) is 6.35. The van der Waals surface area contributed by atoms with E-state index in [1.54, 1.807) is 10.8 Å². The van der Waals surface area contributed by atoms with Gasteiger partial charge in [0.2, 0.25) is 0 Å². The van der Waals surface area contributed by atoms with Gasteiger partial charge in [0, 0.05) is 5.75 Å². The highest BCUT2D eigenvalue weighted by Gasteiger charge is 2.12. The maximum Gasteiger partial charge on any atom is 0.177 e. The average Bonchev–Trinajstić information content (AvgIpc) is 2.89. The summed E-state index contributed by atoms with van der Waals surface area (Å²) in [5.41, 5.74) is 5.07. The molecule has 1 aromatic heterocycles. The maximum absolute atomic E-state index is 4.58. The highest BCUT2D eigenvalue weighted by molar-refractivity contribution is 8.76. The largest absolute Gasteiger partial charge is 0.332 e. The van der Waals surface area contributed by atoms with Gasteiger partial charge in [-0.2, -0.15) is 0 Å². The van der Waals surface area contributed by atoms with Crippen molar-refractivity contribution in [2.24, 2.45) is 0 Å². The highest BCUT2D eigenvalue weighted by Crippen LogP contribution is 2.33. The molecule has 0 radical (unpaired) electrons. The molecular weight excluding hydrogens is 308 g/mol. The van der Waals surface area contributed by atoms with Crippen LogP contribution in [0.3, 0.4) is 0 Å². The van der Waals surface area contributed by atoms with Crippen molar-refractivity contribution in [1.29, 1.82) is 0 Å². The summed E-state index contributed by atoms with van der Waals surface area (Å²) >= 11 is 0. The molecule has 4 heteroatoms. The van der Waals surface area contributed by atoms with Crippen molar-refractivity contribution < 1.29 is 0 Å². The fourth-order valence-electron chi connectivity index (χ4n) is 2.22. The molecule has 0 aliphatic rings. The van der Waals surface area contributed by atoms with Gasteiger partial charge in [-0.25, -0.2) is 4.98 Å². The first-order chi connectivity index (χ1) is 10.5. The Morgan fingerprint density at radius 2 is 1.73 bits per heavy atom. The minimum atomic E-state index is 0.217. The fraction of sp³-hybridized carbons (Fsp3) is 0.278. The van der Waals surface area contributed by atoms with E-state index >= 15 is 0 Å². The Balaban J connectivity index is 1.58. The summed E-state index contributed by atoms with van der Waals surface area (Å²) in [6, 6.07) is 17.1. The third-order valence-corrected chi connectivity index (χ3v) is 5.65. The van der Waals surface area contributed by atoms with Crippen LogP contribution >= 0.6 is 21.6 Å². The second kappa shape index (κ2) is 6.39. The van der Waals surface area contributed by atoms with Crippen molar-refractivity contribution in [3.05, 3.63) is 59.7 Å². The van der Waals surface area contributed by atoms with Crippen LogP contribution in [0.5, 0.6) is 0 Å². The van der Waals surface area contributed by atoms with Crippen LogP contribution in [0, 0.1) is 0 Å². The first kappa shape index (κ1) is 15.5. The maximum atomic E-state index is 4.58. The summed E-state index contributed by atoms with van der Waals surface area (Å²) in [6.45, 7) is 6.73. The van der Waals surface area contributed by atoms with Crippen LogP contribution in [-0.4, -0.2) is 9.97 Å². The molecular formula is C18H20N2S2. The van der Waals surface area contributed by atoms with E-state index in [0.29, 0.717) is 0 Å². The van der Waals surface area contributed by atoms with Crippen LogP contribution in [0.4, 0.5) is 0 Å². The van der Waals surface area contributed by atoms with Gasteiger partial charge < -0.3 is 4.98 Å². The number of nitrogens with zero attached hydrogens (tertiary/aromatic N) is 1. The van der Waals surface area contributed by atoms with Crippen molar-refractivity contribution in [3.8, 4) is 0 Å². The predicted octanol–water partition coefficient (Wildman–Crippen LogP) is 5.80. The SMILES string of the molecule is CC(C)(C)c1ccc(CSSc2nc3ccccc3[nH]2)cc1. The lowest BCUT2D eigenvalue weighted by molar-refractivity contribution is 0.590. The summed E-state index contributed by atoms with van der Waals surface area (Å²) in [4.78, 5) is 7.92. The fourth-order valence-corrected chi connectivity index (χ4v) is 4.17. The van der Waals surface area contributed by atoms with Gasteiger partial charge in [-0.3, -0.25) is 0 Å². The molecule has 0 aliphatic carbocycles. The van der Waals surface area contributed by atoms with E-state index in [1.165, 1.54) is 11.1 Å². The molecule has 22 heavy (non-hydrogen) atoms. The molecule has 3 rings (SSSR count). The molecule has 3 aromatic rings. The number of benzene rings is 2. The number of nitrogens with one attached hydrogen (secondary N) is 1. The molecule has 0 aliphatic heterocycles. The number of imidazole rings is 1. The number of para-hydroxylation sites is 2. The lowest BCUT2D eigenvalue weighted by atomic mass is 9.87. The first-order valence-electron chi connectivity index (χ1n) is 7.36. The third-order valence-electron chi connectivity index (χ3n) is 3.55. The van der Waals surface area contributed by atoms with Crippen molar-refractivity contribution in [2.75, 3.05) is 0 Å². The van der Waals surface area contributed by atoms with E-state index in [4.69, 9.17) is 0 Å². The van der Waals surface area contributed by atoms with Crippen molar-refractivity contribution in [1.82, 2.24) is 9.97 Å². The quantitative estimate of drug-likeness (QED) is 0.613. The molecule has 0 unspecified atom stereocenters. The van der Waals surface area contributed by atoms with E-state index in [-0.39, 0.29) is 5.41 Å². The van der Waals surface area contributed by atoms with Gasteiger partial charge in [-0.15, -0.1) is 0 Å². The number of aromatic amines is 1. The summed E-state index contributed by atoms with van der Waals surface area (Å²) < 4.78 is 0. The van der Waals surface area contributed by atoms with Crippen LogP contribution in [0.15, 0.2) is 53.7 Å². The molecule has 0 atom stereocenters. The van der Waals surface area contributed by atoms with E-state index in [2.05, 4.69) is 61.1 Å². The molecule has 0 saturated carbocycles. The topological polar surface area (TPSA) is 28.7 Å². The molecule has 0 spiro atoms. The first-order valence-corrected chi connectivity index (χ1v) is 9.68. The molecule has 0 bridgehead atoms.